The normalized spacial score (nSPS) is 38.5. The second-order valence-electron chi connectivity index (χ2n) is 4.40. The van der Waals surface area contributed by atoms with Crippen LogP contribution in [0.1, 0.15) is 13.8 Å². The molecule has 1 saturated heterocycles. The van der Waals surface area contributed by atoms with Crippen molar-refractivity contribution >= 4 is 0 Å². The van der Waals surface area contributed by atoms with Crippen molar-refractivity contribution in [3.05, 3.63) is 0 Å². The van der Waals surface area contributed by atoms with Gasteiger partial charge in [-0.3, -0.25) is 0 Å². The third-order valence-electron chi connectivity index (χ3n) is 3.10. The number of likely N-dealkylation sites (tertiary alicyclic amines) is 1. The van der Waals surface area contributed by atoms with Crippen LogP contribution in [-0.2, 0) is 0 Å². The van der Waals surface area contributed by atoms with Gasteiger partial charge in [0.15, 0.2) is 0 Å². The molecule has 0 saturated carbocycles. The molecule has 0 aromatic rings. The van der Waals surface area contributed by atoms with Crippen LogP contribution in [0.15, 0.2) is 0 Å². The van der Waals surface area contributed by atoms with Crippen molar-refractivity contribution in [1.29, 1.82) is 0 Å². The lowest BCUT2D eigenvalue weighted by Crippen LogP contribution is -2.45. The first kappa shape index (κ1) is 10.0. The number of nitrogens with one attached hydrogen (secondary N) is 1. The third kappa shape index (κ3) is 2.20. The zero-order chi connectivity index (χ0) is 9.14. The molecular weight excluding hydrogens is 148 g/mol. The molecule has 72 valence electrons. The van der Waals surface area contributed by atoms with Crippen LogP contribution in [0.4, 0.5) is 0 Å². The number of piperidine rings is 1. The molecule has 1 rings (SSSR count). The van der Waals surface area contributed by atoms with E-state index in [2.05, 4.69) is 38.2 Å². The number of rotatable bonds is 2. The summed E-state index contributed by atoms with van der Waals surface area (Å²) in [4.78, 5) is 2.45. The van der Waals surface area contributed by atoms with Gasteiger partial charge in [0.25, 0.3) is 0 Å². The second-order valence-corrected chi connectivity index (χ2v) is 4.40. The van der Waals surface area contributed by atoms with E-state index < -0.39 is 0 Å². The van der Waals surface area contributed by atoms with Gasteiger partial charge >= 0.3 is 0 Å². The minimum atomic E-state index is 0.839. The first-order valence-electron chi connectivity index (χ1n) is 4.98. The number of hydrogen-bond acceptors (Lipinski definition) is 2. The lowest BCUT2D eigenvalue weighted by molar-refractivity contribution is 0.0987. The molecule has 0 aromatic heterocycles. The minimum absolute atomic E-state index is 0.839. The molecule has 0 spiro atoms. The molecule has 1 fully saturated rings. The molecule has 0 amide bonds. The zero-order valence-electron chi connectivity index (χ0n) is 8.80. The highest BCUT2D eigenvalue weighted by Crippen LogP contribution is 2.26. The molecule has 2 atom stereocenters. The van der Waals surface area contributed by atoms with E-state index in [0.29, 0.717) is 0 Å². The van der Waals surface area contributed by atoms with Crippen LogP contribution in [0.25, 0.3) is 0 Å². The van der Waals surface area contributed by atoms with Crippen molar-refractivity contribution in [3.8, 4) is 0 Å². The molecule has 0 aromatic carbocycles. The van der Waals surface area contributed by atoms with E-state index in [9.17, 15) is 0 Å². The molecule has 1 N–H and O–H groups in total. The monoisotopic (exact) mass is 170 g/mol. The fourth-order valence-corrected chi connectivity index (χ4v) is 2.53. The van der Waals surface area contributed by atoms with Crippen LogP contribution in [0.5, 0.6) is 0 Å². The second kappa shape index (κ2) is 4.24. The maximum atomic E-state index is 3.29. The first-order chi connectivity index (χ1) is 5.65. The Bertz CT molecular complexity index is 124. The number of hydrogen-bond donors (Lipinski definition) is 1. The van der Waals surface area contributed by atoms with Crippen molar-refractivity contribution in [2.45, 2.75) is 13.8 Å². The van der Waals surface area contributed by atoms with Gasteiger partial charge < -0.3 is 10.2 Å². The summed E-state index contributed by atoms with van der Waals surface area (Å²) in [5.41, 5.74) is 0. The Morgan fingerprint density at radius 3 is 2.17 bits per heavy atom. The highest BCUT2D eigenvalue weighted by atomic mass is 15.1. The standard InChI is InChI=1S/C10H22N2/c1-8-6-12(4)7-9(2)10(8)5-11-3/h8-11H,5-7H2,1-4H3. The molecular formula is C10H22N2. The van der Waals surface area contributed by atoms with Crippen LogP contribution < -0.4 is 5.32 Å². The van der Waals surface area contributed by atoms with Crippen molar-refractivity contribution in [3.63, 3.8) is 0 Å². The highest BCUT2D eigenvalue weighted by molar-refractivity contribution is 4.82. The van der Waals surface area contributed by atoms with Gasteiger partial charge in [-0.15, -0.1) is 0 Å². The van der Waals surface area contributed by atoms with Gasteiger partial charge in [-0.25, -0.2) is 0 Å². The largest absolute Gasteiger partial charge is 0.319 e. The van der Waals surface area contributed by atoms with Gasteiger partial charge in [0.1, 0.15) is 0 Å². The van der Waals surface area contributed by atoms with Crippen molar-refractivity contribution in [1.82, 2.24) is 10.2 Å². The molecule has 2 heteroatoms. The number of nitrogens with zero attached hydrogens (tertiary/aromatic N) is 1. The molecule has 1 aliphatic rings. The van der Waals surface area contributed by atoms with E-state index in [-0.39, 0.29) is 0 Å². The van der Waals surface area contributed by atoms with E-state index in [0.717, 1.165) is 17.8 Å². The first-order valence-corrected chi connectivity index (χ1v) is 4.98. The molecule has 1 heterocycles. The Morgan fingerprint density at radius 2 is 1.75 bits per heavy atom. The summed E-state index contributed by atoms with van der Waals surface area (Å²) in [6.07, 6.45) is 0. The summed E-state index contributed by atoms with van der Waals surface area (Å²) in [6.45, 7) is 8.44. The van der Waals surface area contributed by atoms with Gasteiger partial charge in [-0.2, -0.15) is 0 Å². The Kier molecular flexibility index (Phi) is 3.53. The van der Waals surface area contributed by atoms with E-state index in [1.807, 2.05) is 0 Å². The average Bonchev–Trinajstić information content (AvgIpc) is 1.96. The van der Waals surface area contributed by atoms with Gasteiger partial charge in [0.2, 0.25) is 0 Å². The molecule has 1 aliphatic heterocycles. The maximum absolute atomic E-state index is 3.29. The Balaban J connectivity index is 2.48. The molecule has 0 aliphatic carbocycles. The highest BCUT2D eigenvalue weighted by Gasteiger charge is 2.29. The summed E-state index contributed by atoms with van der Waals surface area (Å²) in [5, 5.41) is 3.29. The minimum Gasteiger partial charge on any atom is -0.319 e. The third-order valence-corrected chi connectivity index (χ3v) is 3.10. The van der Waals surface area contributed by atoms with Crippen LogP contribution in [0, 0.1) is 17.8 Å². The summed E-state index contributed by atoms with van der Waals surface area (Å²) >= 11 is 0. The van der Waals surface area contributed by atoms with Gasteiger partial charge in [-0.1, -0.05) is 13.8 Å². The fourth-order valence-electron chi connectivity index (χ4n) is 2.53. The van der Waals surface area contributed by atoms with E-state index in [4.69, 9.17) is 0 Å². The molecule has 2 nitrogen and oxygen atoms in total. The molecule has 0 bridgehead atoms. The van der Waals surface area contributed by atoms with Crippen molar-refractivity contribution < 1.29 is 0 Å². The Morgan fingerprint density at radius 1 is 1.25 bits per heavy atom. The van der Waals surface area contributed by atoms with Crippen LogP contribution in [0.2, 0.25) is 0 Å². The zero-order valence-corrected chi connectivity index (χ0v) is 8.80. The lowest BCUT2D eigenvalue weighted by atomic mass is 9.80. The predicted octanol–water partition coefficient (Wildman–Crippen LogP) is 1.04. The van der Waals surface area contributed by atoms with Crippen LogP contribution >= 0.6 is 0 Å². The van der Waals surface area contributed by atoms with Crippen molar-refractivity contribution in [2.24, 2.45) is 17.8 Å². The maximum Gasteiger partial charge on any atom is 0.000732 e. The Labute approximate surface area is 76.3 Å². The van der Waals surface area contributed by atoms with Gasteiger partial charge in [-0.05, 0) is 38.4 Å². The van der Waals surface area contributed by atoms with Gasteiger partial charge in [0, 0.05) is 13.1 Å². The molecule has 0 radical (unpaired) electrons. The van der Waals surface area contributed by atoms with E-state index in [1.165, 1.54) is 19.6 Å². The van der Waals surface area contributed by atoms with E-state index >= 15 is 0 Å². The smallest absolute Gasteiger partial charge is 0.000732 e. The summed E-state index contributed by atoms with van der Waals surface area (Å²) in [6, 6.07) is 0. The molecule has 12 heavy (non-hydrogen) atoms. The topological polar surface area (TPSA) is 15.3 Å². The summed E-state index contributed by atoms with van der Waals surface area (Å²) < 4.78 is 0. The average molecular weight is 170 g/mol. The summed E-state index contributed by atoms with van der Waals surface area (Å²) in [7, 11) is 4.28. The van der Waals surface area contributed by atoms with Crippen LogP contribution in [0.3, 0.4) is 0 Å². The predicted molar refractivity (Wildman–Crippen MR) is 53.2 cm³/mol. The van der Waals surface area contributed by atoms with E-state index in [1.54, 1.807) is 0 Å². The molecule has 2 unspecified atom stereocenters. The quantitative estimate of drug-likeness (QED) is 0.666. The lowest BCUT2D eigenvalue weighted by Gasteiger charge is -2.39. The van der Waals surface area contributed by atoms with Crippen LogP contribution in [-0.4, -0.2) is 38.6 Å². The fraction of sp³-hybridized carbons (Fsp3) is 1.00. The van der Waals surface area contributed by atoms with Crippen molar-refractivity contribution in [2.75, 3.05) is 33.7 Å². The SMILES string of the molecule is CNCC1C(C)CN(C)CC1C. The summed E-state index contributed by atoms with van der Waals surface area (Å²) in [5.74, 6) is 2.54. The Hall–Kier alpha value is -0.0800. The van der Waals surface area contributed by atoms with Gasteiger partial charge in [0.05, 0.1) is 0 Å².